The van der Waals surface area contributed by atoms with E-state index in [1.165, 1.54) is 4.88 Å². The number of rotatable bonds is 5. The zero-order chi connectivity index (χ0) is 12.1. The van der Waals surface area contributed by atoms with Gasteiger partial charge in [0.1, 0.15) is 5.82 Å². The standard InChI is InChI=1S/C11H15N5S/c1-8(5-9-3-2-4-17-9)14-10-6-13-7-11(15-10)16-12/h2-4,6-8H,5,12H2,1H3,(H2,14,15,16). The van der Waals surface area contributed by atoms with Crippen LogP contribution in [0.4, 0.5) is 11.6 Å². The molecule has 0 amide bonds. The van der Waals surface area contributed by atoms with Crippen molar-refractivity contribution in [3.05, 3.63) is 34.8 Å². The van der Waals surface area contributed by atoms with Crippen LogP contribution in [0.2, 0.25) is 0 Å². The molecule has 0 aliphatic heterocycles. The molecule has 2 heterocycles. The Morgan fingerprint density at radius 2 is 2.24 bits per heavy atom. The summed E-state index contributed by atoms with van der Waals surface area (Å²) in [4.78, 5) is 9.65. The summed E-state index contributed by atoms with van der Waals surface area (Å²) in [6.07, 6.45) is 4.24. The topological polar surface area (TPSA) is 75.9 Å². The fourth-order valence-electron chi connectivity index (χ4n) is 1.54. The number of hydrogen-bond acceptors (Lipinski definition) is 6. The fraction of sp³-hybridized carbons (Fsp3) is 0.273. The summed E-state index contributed by atoms with van der Waals surface area (Å²) >= 11 is 1.76. The monoisotopic (exact) mass is 249 g/mol. The van der Waals surface area contributed by atoms with Gasteiger partial charge in [-0.2, -0.15) is 0 Å². The molecule has 2 aromatic heterocycles. The number of nitrogens with one attached hydrogen (secondary N) is 2. The zero-order valence-electron chi connectivity index (χ0n) is 9.55. The van der Waals surface area contributed by atoms with Crippen LogP contribution in [-0.4, -0.2) is 16.0 Å². The van der Waals surface area contributed by atoms with Crippen molar-refractivity contribution in [3.8, 4) is 0 Å². The SMILES string of the molecule is CC(Cc1cccs1)Nc1cncc(NN)n1. The molecule has 1 atom stereocenters. The summed E-state index contributed by atoms with van der Waals surface area (Å²) in [7, 11) is 0. The Labute approximate surface area is 104 Å². The first kappa shape index (κ1) is 11.8. The Balaban J connectivity index is 1.95. The summed E-state index contributed by atoms with van der Waals surface area (Å²) in [5, 5.41) is 5.38. The first-order chi connectivity index (χ1) is 8.28. The van der Waals surface area contributed by atoms with Crippen LogP contribution in [0.1, 0.15) is 11.8 Å². The van der Waals surface area contributed by atoms with Gasteiger partial charge in [-0.05, 0) is 18.4 Å². The molecule has 2 aromatic rings. The largest absolute Gasteiger partial charge is 0.366 e. The predicted octanol–water partition coefficient (Wildman–Crippen LogP) is 1.87. The number of anilines is 2. The third-order valence-corrected chi connectivity index (χ3v) is 3.16. The predicted molar refractivity (Wildman–Crippen MR) is 70.9 cm³/mol. The Kier molecular flexibility index (Phi) is 3.89. The number of aromatic nitrogens is 2. The van der Waals surface area contributed by atoms with Crippen LogP contribution in [0, 0.1) is 0 Å². The summed E-state index contributed by atoms with van der Waals surface area (Å²) in [5.41, 5.74) is 2.47. The van der Waals surface area contributed by atoms with Crippen LogP contribution in [0.15, 0.2) is 29.9 Å². The third-order valence-electron chi connectivity index (χ3n) is 2.26. The minimum Gasteiger partial charge on any atom is -0.366 e. The molecule has 0 fully saturated rings. The van der Waals surface area contributed by atoms with E-state index in [0.29, 0.717) is 11.9 Å². The molecule has 0 saturated carbocycles. The Morgan fingerprint density at radius 1 is 1.41 bits per heavy atom. The first-order valence-corrected chi connectivity index (χ1v) is 6.23. The molecule has 6 heteroatoms. The number of hydrazine groups is 1. The van der Waals surface area contributed by atoms with E-state index in [-0.39, 0.29) is 0 Å². The van der Waals surface area contributed by atoms with Gasteiger partial charge in [-0.25, -0.2) is 10.8 Å². The van der Waals surface area contributed by atoms with Crippen molar-refractivity contribution in [1.82, 2.24) is 9.97 Å². The number of hydrogen-bond donors (Lipinski definition) is 3. The van der Waals surface area contributed by atoms with Crippen molar-refractivity contribution < 1.29 is 0 Å². The highest BCUT2D eigenvalue weighted by atomic mass is 32.1. The normalized spacial score (nSPS) is 12.1. The molecule has 0 aromatic carbocycles. The average molecular weight is 249 g/mol. The van der Waals surface area contributed by atoms with Crippen LogP contribution in [0.3, 0.4) is 0 Å². The highest BCUT2D eigenvalue weighted by molar-refractivity contribution is 7.09. The van der Waals surface area contributed by atoms with Crippen molar-refractivity contribution in [2.75, 3.05) is 10.7 Å². The number of thiophene rings is 1. The molecule has 5 nitrogen and oxygen atoms in total. The third kappa shape index (κ3) is 3.40. The Bertz CT molecular complexity index is 457. The van der Waals surface area contributed by atoms with Gasteiger partial charge in [-0.1, -0.05) is 6.07 Å². The molecule has 0 spiro atoms. The first-order valence-electron chi connectivity index (χ1n) is 5.35. The second-order valence-corrected chi connectivity index (χ2v) is 4.80. The highest BCUT2D eigenvalue weighted by Crippen LogP contribution is 2.13. The van der Waals surface area contributed by atoms with Gasteiger partial charge in [0, 0.05) is 17.3 Å². The summed E-state index contributed by atoms with van der Waals surface area (Å²) < 4.78 is 0. The van der Waals surface area contributed by atoms with Gasteiger partial charge in [0.2, 0.25) is 0 Å². The van der Waals surface area contributed by atoms with E-state index in [2.05, 4.69) is 45.1 Å². The minimum atomic E-state index is 0.302. The van der Waals surface area contributed by atoms with Crippen LogP contribution in [0.5, 0.6) is 0 Å². The van der Waals surface area contributed by atoms with Gasteiger partial charge in [0.15, 0.2) is 5.82 Å². The smallest absolute Gasteiger partial charge is 0.160 e. The van der Waals surface area contributed by atoms with Crippen LogP contribution < -0.4 is 16.6 Å². The van der Waals surface area contributed by atoms with Crippen LogP contribution in [-0.2, 0) is 6.42 Å². The van der Waals surface area contributed by atoms with E-state index in [4.69, 9.17) is 5.84 Å². The van der Waals surface area contributed by atoms with E-state index in [9.17, 15) is 0 Å². The maximum atomic E-state index is 5.28. The molecule has 2 rings (SSSR count). The minimum absolute atomic E-state index is 0.302. The number of nitrogens with zero attached hydrogens (tertiary/aromatic N) is 2. The second kappa shape index (κ2) is 5.60. The lowest BCUT2D eigenvalue weighted by molar-refractivity contribution is 0.793. The lowest BCUT2D eigenvalue weighted by atomic mass is 10.2. The highest BCUT2D eigenvalue weighted by Gasteiger charge is 2.05. The van der Waals surface area contributed by atoms with Gasteiger partial charge < -0.3 is 10.7 Å². The van der Waals surface area contributed by atoms with Gasteiger partial charge in [0.05, 0.1) is 12.4 Å². The molecule has 0 bridgehead atoms. The number of nitrogen functional groups attached to an aromatic ring is 1. The van der Waals surface area contributed by atoms with E-state index in [1.807, 2.05) is 0 Å². The summed E-state index contributed by atoms with van der Waals surface area (Å²) in [6, 6.07) is 4.49. The van der Waals surface area contributed by atoms with Crippen molar-refractivity contribution in [1.29, 1.82) is 0 Å². The van der Waals surface area contributed by atoms with E-state index < -0.39 is 0 Å². The second-order valence-electron chi connectivity index (χ2n) is 3.76. The fourth-order valence-corrected chi connectivity index (χ4v) is 2.37. The maximum Gasteiger partial charge on any atom is 0.160 e. The summed E-state index contributed by atoms with van der Waals surface area (Å²) in [5.74, 6) is 6.56. The van der Waals surface area contributed by atoms with Gasteiger partial charge >= 0.3 is 0 Å². The Hall–Kier alpha value is -1.66. The van der Waals surface area contributed by atoms with Crippen molar-refractivity contribution in [2.24, 2.45) is 5.84 Å². The van der Waals surface area contributed by atoms with Gasteiger partial charge in [-0.15, -0.1) is 11.3 Å². The molecule has 1 unspecified atom stereocenters. The van der Waals surface area contributed by atoms with E-state index in [1.54, 1.807) is 23.7 Å². The van der Waals surface area contributed by atoms with Crippen LogP contribution in [0.25, 0.3) is 0 Å². The molecule has 0 radical (unpaired) electrons. The van der Waals surface area contributed by atoms with Gasteiger partial charge in [-0.3, -0.25) is 4.98 Å². The van der Waals surface area contributed by atoms with Crippen LogP contribution >= 0.6 is 11.3 Å². The number of nitrogens with two attached hydrogens (primary N) is 1. The van der Waals surface area contributed by atoms with E-state index in [0.717, 1.165) is 12.2 Å². The van der Waals surface area contributed by atoms with Gasteiger partial charge in [0.25, 0.3) is 0 Å². The lowest BCUT2D eigenvalue weighted by Crippen LogP contribution is -2.19. The van der Waals surface area contributed by atoms with Crippen molar-refractivity contribution in [2.45, 2.75) is 19.4 Å². The quantitative estimate of drug-likeness (QED) is 0.557. The van der Waals surface area contributed by atoms with Crippen molar-refractivity contribution in [3.63, 3.8) is 0 Å². The molecule has 90 valence electrons. The molecule has 4 N–H and O–H groups in total. The zero-order valence-corrected chi connectivity index (χ0v) is 10.4. The molecule has 17 heavy (non-hydrogen) atoms. The molecule has 0 aliphatic carbocycles. The molecular formula is C11H15N5S. The summed E-state index contributed by atoms with van der Waals surface area (Å²) in [6.45, 7) is 2.12. The Morgan fingerprint density at radius 3 is 2.94 bits per heavy atom. The molecular weight excluding hydrogens is 234 g/mol. The van der Waals surface area contributed by atoms with E-state index >= 15 is 0 Å². The maximum absolute atomic E-state index is 5.28. The van der Waals surface area contributed by atoms with Crippen molar-refractivity contribution >= 4 is 23.0 Å². The molecule has 0 aliphatic rings. The average Bonchev–Trinajstić information content (AvgIpc) is 2.82. The lowest BCUT2D eigenvalue weighted by Gasteiger charge is -2.13. The molecule has 0 saturated heterocycles.